The minimum atomic E-state index is 0.702. The van der Waals surface area contributed by atoms with Gasteiger partial charge < -0.3 is 0 Å². The summed E-state index contributed by atoms with van der Waals surface area (Å²) in [5, 5.41) is 7.77. The Bertz CT molecular complexity index is 459. The monoisotopic (exact) mass is 173 g/mol. The first kappa shape index (κ1) is 7.67. The number of aldehydes is 1. The van der Waals surface area contributed by atoms with E-state index in [4.69, 9.17) is 0 Å². The second-order valence-electron chi connectivity index (χ2n) is 2.50. The molecule has 2 rings (SSSR count). The highest BCUT2D eigenvalue weighted by Gasteiger charge is 1.99. The van der Waals surface area contributed by atoms with E-state index in [1.807, 2.05) is 18.2 Å². The molecule has 0 N–H and O–H groups in total. The van der Waals surface area contributed by atoms with Gasteiger partial charge in [0.15, 0.2) is 0 Å². The van der Waals surface area contributed by atoms with Crippen molar-refractivity contribution >= 4 is 17.9 Å². The zero-order valence-electron chi connectivity index (χ0n) is 6.79. The van der Waals surface area contributed by atoms with Gasteiger partial charge in [-0.15, -0.1) is 5.10 Å². The van der Waals surface area contributed by atoms with Crippen molar-refractivity contribution in [1.29, 1.82) is 0 Å². The van der Waals surface area contributed by atoms with Crippen molar-refractivity contribution < 1.29 is 4.79 Å². The first-order chi connectivity index (χ1) is 6.42. The van der Waals surface area contributed by atoms with E-state index in [2.05, 4.69) is 10.3 Å². The fourth-order valence-electron chi connectivity index (χ4n) is 1.11. The van der Waals surface area contributed by atoms with E-state index in [-0.39, 0.29) is 0 Å². The summed E-state index contributed by atoms with van der Waals surface area (Å²) < 4.78 is 1.66. The normalized spacial score (nSPS) is 11.1. The number of nitrogens with zero attached hydrogens (tertiary/aromatic N) is 3. The molecule has 0 fully saturated rings. The van der Waals surface area contributed by atoms with Crippen molar-refractivity contribution in [3.63, 3.8) is 0 Å². The number of hydrogen-bond acceptors (Lipinski definition) is 3. The van der Waals surface area contributed by atoms with E-state index in [9.17, 15) is 4.79 Å². The highest BCUT2D eigenvalue weighted by molar-refractivity contribution is 5.77. The van der Waals surface area contributed by atoms with Gasteiger partial charge in [0, 0.05) is 6.20 Å². The topological polar surface area (TPSA) is 47.3 Å². The Morgan fingerprint density at radius 3 is 3.15 bits per heavy atom. The Morgan fingerprint density at radius 1 is 1.38 bits per heavy atom. The molecule has 0 aliphatic rings. The quantitative estimate of drug-likeness (QED) is 0.501. The molecule has 0 amide bonds. The lowest BCUT2D eigenvalue weighted by Gasteiger charge is -1.88. The Hall–Kier alpha value is -1.97. The average molecular weight is 173 g/mol. The third kappa shape index (κ3) is 1.33. The van der Waals surface area contributed by atoms with Gasteiger partial charge in [-0.3, -0.25) is 4.79 Å². The van der Waals surface area contributed by atoms with E-state index >= 15 is 0 Å². The summed E-state index contributed by atoms with van der Waals surface area (Å²) in [7, 11) is 0. The van der Waals surface area contributed by atoms with E-state index in [1.54, 1.807) is 16.8 Å². The first-order valence-corrected chi connectivity index (χ1v) is 3.84. The van der Waals surface area contributed by atoms with Crippen LogP contribution >= 0.6 is 0 Å². The Morgan fingerprint density at radius 2 is 2.31 bits per heavy atom. The molecule has 2 heterocycles. The fourth-order valence-corrected chi connectivity index (χ4v) is 1.11. The van der Waals surface area contributed by atoms with Gasteiger partial charge in [0.25, 0.3) is 0 Å². The van der Waals surface area contributed by atoms with E-state index in [0.29, 0.717) is 12.0 Å². The van der Waals surface area contributed by atoms with Crippen LogP contribution < -0.4 is 0 Å². The van der Waals surface area contributed by atoms with Crippen molar-refractivity contribution in [2.75, 3.05) is 0 Å². The van der Waals surface area contributed by atoms with Crippen LogP contribution in [0, 0.1) is 0 Å². The molecule has 2 aromatic rings. The molecule has 0 bridgehead atoms. The van der Waals surface area contributed by atoms with Crippen molar-refractivity contribution in [1.82, 2.24) is 14.8 Å². The number of aromatic nitrogens is 3. The molecule has 0 atom stereocenters. The molecule has 0 aliphatic heterocycles. The molecule has 0 aliphatic carbocycles. The lowest BCUT2D eigenvalue weighted by molar-refractivity contribution is -0.104. The molecule has 2 aromatic heterocycles. The van der Waals surface area contributed by atoms with Crippen LogP contribution in [-0.2, 0) is 4.79 Å². The van der Waals surface area contributed by atoms with Gasteiger partial charge >= 0.3 is 0 Å². The number of rotatable bonds is 2. The third-order valence-corrected chi connectivity index (χ3v) is 1.68. The summed E-state index contributed by atoms with van der Waals surface area (Å²) in [6.45, 7) is 0. The van der Waals surface area contributed by atoms with Crippen LogP contribution in [0.15, 0.2) is 30.5 Å². The van der Waals surface area contributed by atoms with Crippen LogP contribution in [-0.4, -0.2) is 21.1 Å². The standard InChI is InChI=1S/C9H7N3O/c13-7-3-4-8-9-5-1-2-6-12(9)11-10-8/h1-7H/b4-3-. The number of allylic oxidation sites excluding steroid dienone is 1. The molecule has 0 saturated heterocycles. The highest BCUT2D eigenvalue weighted by Crippen LogP contribution is 2.07. The third-order valence-electron chi connectivity index (χ3n) is 1.68. The SMILES string of the molecule is O=C/C=C\c1nnn2ccccc12. The summed E-state index contributed by atoms with van der Waals surface area (Å²) in [5.41, 5.74) is 1.59. The molecular weight excluding hydrogens is 166 g/mol. The van der Waals surface area contributed by atoms with Crippen molar-refractivity contribution in [3.8, 4) is 0 Å². The predicted molar refractivity (Wildman–Crippen MR) is 48.1 cm³/mol. The predicted octanol–water partition coefficient (Wildman–Crippen LogP) is 0.941. The molecule has 0 aromatic carbocycles. The number of pyridine rings is 1. The largest absolute Gasteiger partial charge is 0.299 e. The second-order valence-corrected chi connectivity index (χ2v) is 2.50. The summed E-state index contributed by atoms with van der Waals surface area (Å²) in [4.78, 5) is 10.1. The number of fused-ring (bicyclic) bond motifs is 1. The van der Waals surface area contributed by atoms with E-state index in [0.717, 1.165) is 5.52 Å². The molecule has 0 spiro atoms. The lowest BCUT2D eigenvalue weighted by atomic mass is 10.3. The molecule has 13 heavy (non-hydrogen) atoms. The number of carbonyl (C=O) groups is 1. The summed E-state index contributed by atoms with van der Waals surface area (Å²) in [5.74, 6) is 0. The molecule has 0 unspecified atom stereocenters. The van der Waals surface area contributed by atoms with Crippen LogP contribution in [0.2, 0.25) is 0 Å². The summed E-state index contributed by atoms with van der Waals surface area (Å²) in [6.07, 6.45) is 5.56. The van der Waals surface area contributed by atoms with Crippen molar-refractivity contribution in [2.24, 2.45) is 0 Å². The second kappa shape index (κ2) is 3.18. The maximum Gasteiger partial charge on any atom is 0.142 e. The van der Waals surface area contributed by atoms with Gasteiger partial charge in [0.05, 0.1) is 5.52 Å². The van der Waals surface area contributed by atoms with Crippen LogP contribution in [0.4, 0.5) is 0 Å². The molecular formula is C9H7N3O. The van der Waals surface area contributed by atoms with Gasteiger partial charge in [-0.05, 0) is 24.3 Å². The van der Waals surface area contributed by atoms with Crippen molar-refractivity contribution in [2.45, 2.75) is 0 Å². The zero-order valence-corrected chi connectivity index (χ0v) is 6.79. The van der Waals surface area contributed by atoms with Gasteiger partial charge in [-0.25, -0.2) is 4.52 Å². The maximum atomic E-state index is 10.1. The fraction of sp³-hybridized carbons (Fsp3) is 0. The van der Waals surface area contributed by atoms with Gasteiger partial charge in [0.1, 0.15) is 12.0 Å². The van der Waals surface area contributed by atoms with Crippen molar-refractivity contribution in [3.05, 3.63) is 36.2 Å². The molecule has 64 valence electrons. The summed E-state index contributed by atoms with van der Waals surface area (Å²) >= 11 is 0. The van der Waals surface area contributed by atoms with Gasteiger partial charge in [0.2, 0.25) is 0 Å². The Balaban J connectivity index is 2.57. The van der Waals surface area contributed by atoms with Crippen LogP contribution in [0.25, 0.3) is 11.6 Å². The van der Waals surface area contributed by atoms with E-state index in [1.165, 1.54) is 6.08 Å². The minimum Gasteiger partial charge on any atom is -0.299 e. The maximum absolute atomic E-state index is 10.1. The Labute approximate surface area is 74.5 Å². The molecule has 0 saturated carbocycles. The molecule has 4 heteroatoms. The van der Waals surface area contributed by atoms with Crippen LogP contribution in [0.5, 0.6) is 0 Å². The average Bonchev–Trinajstić information content (AvgIpc) is 2.58. The van der Waals surface area contributed by atoms with Crippen LogP contribution in [0.1, 0.15) is 5.69 Å². The van der Waals surface area contributed by atoms with Gasteiger partial charge in [-0.2, -0.15) is 0 Å². The minimum absolute atomic E-state index is 0.702. The molecule has 4 nitrogen and oxygen atoms in total. The first-order valence-electron chi connectivity index (χ1n) is 3.84. The van der Waals surface area contributed by atoms with Gasteiger partial charge in [-0.1, -0.05) is 11.3 Å². The lowest BCUT2D eigenvalue weighted by Crippen LogP contribution is -1.83. The smallest absolute Gasteiger partial charge is 0.142 e. The zero-order chi connectivity index (χ0) is 9.10. The molecule has 0 radical (unpaired) electrons. The summed E-state index contributed by atoms with van der Waals surface area (Å²) in [6, 6.07) is 5.66. The van der Waals surface area contributed by atoms with E-state index < -0.39 is 0 Å². The van der Waals surface area contributed by atoms with Crippen LogP contribution in [0.3, 0.4) is 0 Å². The number of carbonyl (C=O) groups excluding carboxylic acids is 1. The Kier molecular flexibility index (Phi) is 1.88. The highest BCUT2D eigenvalue weighted by atomic mass is 16.1. The number of hydrogen-bond donors (Lipinski definition) is 0.